The van der Waals surface area contributed by atoms with E-state index in [1.54, 1.807) is 28.6 Å². The van der Waals surface area contributed by atoms with Crippen molar-refractivity contribution in [2.24, 2.45) is 5.92 Å². The summed E-state index contributed by atoms with van der Waals surface area (Å²) < 4.78 is 27.4. The first-order valence-electron chi connectivity index (χ1n) is 11.1. The van der Waals surface area contributed by atoms with Crippen molar-refractivity contribution < 1.29 is 13.2 Å². The molecule has 2 heterocycles. The first-order chi connectivity index (χ1) is 14.8. The van der Waals surface area contributed by atoms with E-state index in [4.69, 9.17) is 0 Å². The summed E-state index contributed by atoms with van der Waals surface area (Å²) in [5.74, 6) is 0.525. The number of hydrogen-bond donors (Lipinski definition) is 0. The Morgan fingerprint density at radius 1 is 0.903 bits per heavy atom. The summed E-state index contributed by atoms with van der Waals surface area (Å²) in [4.78, 5) is 17.4. The van der Waals surface area contributed by atoms with Gasteiger partial charge in [-0.2, -0.15) is 4.31 Å². The van der Waals surface area contributed by atoms with Crippen molar-refractivity contribution in [1.82, 2.24) is 9.21 Å². The Balaban J connectivity index is 1.39. The second-order valence-electron chi connectivity index (χ2n) is 8.73. The van der Waals surface area contributed by atoms with Gasteiger partial charge >= 0.3 is 0 Å². The lowest BCUT2D eigenvalue weighted by atomic mass is 10.0. The molecule has 0 unspecified atom stereocenters. The molecule has 0 atom stereocenters. The standard InChI is InChI=1S/C24H31N3O3S/c1-19-10-12-27(13-11-19)31(29,30)23-8-6-21(7-9-23)24(28)26-16-14-25(15-17-26)22-5-3-4-20(2)18-22/h3-9,18-19H,10-17H2,1-2H3. The zero-order valence-electron chi connectivity index (χ0n) is 18.3. The van der Waals surface area contributed by atoms with Gasteiger partial charge in [-0.05, 0) is 67.6 Å². The van der Waals surface area contributed by atoms with Crippen LogP contribution in [0, 0.1) is 12.8 Å². The van der Waals surface area contributed by atoms with Gasteiger partial charge in [0.15, 0.2) is 0 Å². The largest absolute Gasteiger partial charge is 0.368 e. The molecule has 7 heteroatoms. The van der Waals surface area contributed by atoms with Crippen LogP contribution in [-0.4, -0.2) is 62.8 Å². The Labute approximate surface area is 185 Å². The number of benzene rings is 2. The highest BCUT2D eigenvalue weighted by molar-refractivity contribution is 7.89. The average molecular weight is 442 g/mol. The van der Waals surface area contributed by atoms with Crippen molar-refractivity contribution in [2.45, 2.75) is 31.6 Å². The minimum Gasteiger partial charge on any atom is -0.368 e. The third kappa shape index (κ3) is 4.77. The molecular weight excluding hydrogens is 410 g/mol. The molecule has 0 N–H and O–H groups in total. The number of amides is 1. The molecule has 0 aliphatic carbocycles. The molecule has 1 amide bonds. The Morgan fingerprint density at radius 3 is 2.16 bits per heavy atom. The van der Waals surface area contributed by atoms with Crippen LogP contribution in [0.5, 0.6) is 0 Å². The Hall–Kier alpha value is -2.38. The summed E-state index contributed by atoms with van der Waals surface area (Å²) in [5, 5.41) is 0. The van der Waals surface area contributed by atoms with Crippen molar-refractivity contribution in [3.8, 4) is 0 Å². The number of piperazine rings is 1. The molecule has 2 fully saturated rings. The van der Waals surface area contributed by atoms with Crippen molar-refractivity contribution in [3.05, 3.63) is 59.7 Å². The van der Waals surface area contributed by atoms with Crippen LogP contribution in [0.25, 0.3) is 0 Å². The number of anilines is 1. The average Bonchev–Trinajstić information content (AvgIpc) is 2.79. The maximum Gasteiger partial charge on any atom is 0.253 e. The van der Waals surface area contributed by atoms with E-state index >= 15 is 0 Å². The van der Waals surface area contributed by atoms with Gasteiger partial charge in [0, 0.05) is 50.5 Å². The second kappa shape index (κ2) is 9.01. The minimum atomic E-state index is -3.49. The fraction of sp³-hybridized carbons (Fsp3) is 0.458. The fourth-order valence-corrected chi connectivity index (χ4v) is 5.79. The molecule has 2 aliphatic rings. The highest BCUT2D eigenvalue weighted by Crippen LogP contribution is 2.24. The van der Waals surface area contributed by atoms with Crippen molar-refractivity contribution >= 4 is 21.6 Å². The molecular formula is C24H31N3O3S. The molecule has 6 nitrogen and oxygen atoms in total. The Kier molecular flexibility index (Phi) is 6.34. The summed E-state index contributed by atoms with van der Waals surface area (Å²) in [7, 11) is -3.49. The molecule has 2 aliphatic heterocycles. The predicted molar refractivity (Wildman–Crippen MR) is 123 cm³/mol. The van der Waals surface area contributed by atoms with Crippen LogP contribution in [0.15, 0.2) is 53.4 Å². The molecule has 0 bridgehead atoms. The van der Waals surface area contributed by atoms with Gasteiger partial charge in [0.1, 0.15) is 0 Å². The first-order valence-corrected chi connectivity index (χ1v) is 12.5. The molecule has 2 saturated heterocycles. The summed E-state index contributed by atoms with van der Waals surface area (Å²) in [5.41, 5.74) is 2.95. The Morgan fingerprint density at radius 2 is 1.55 bits per heavy atom. The highest BCUT2D eigenvalue weighted by atomic mass is 32.2. The van der Waals surface area contributed by atoms with Gasteiger partial charge in [-0.25, -0.2) is 8.42 Å². The first kappa shape index (κ1) is 21.8. The topological polar surface area (TPSA) is 60.9 Å². The smallest absolute Gasteiger partial charge is 0.253 e. The van der Waals surface area contributed by atoms with Gasteiger partial charge in [0.2, 0.25) is 10.0 Å². The maximum atomic E-state index is 12.9. The van der Waals surface area contributed by atoms with Crippen LogP contribution in [0.3, 0.4) is 0 Å². The van der Waals surface area contributed by atoms with Crippen molar-refractivity contribution in [2.75, 3.05) is 44.2 Å². The fourth-order valence-electron chi connectivity index (χ4n) is 4.32. The number of rotatable bonds is 4. The van der Waals surface area contributed by atoms with E-state index in [2.05, 4.69) is 43.0 Å². The van der Waals surface area contributed by atoms with Crippen LogP contribution >= 0.6 is 0 Å². The van der Waals surface area contributed by atoms with Gasteiger partial charge in [-0.15, -0.1) is 0 Å². The van der Waals surface area contributed by atoms with E-state index in [-0.39, 0.29) is 10.8 Å². The monoisotopic (exact) mass is 441 g/mol. The second-order valence-corrected chi connectivity index (χ2v) is 10.7. The molecule has 166 valence electrons. The highest BCUT2D eigenvalue weighted by Gasteiger charge is 2.28. The molecule has 0 saturated carbocycles. The zero-order valence-corrected chi connectivity index (χ0v) is 19.1. The lowest BCUT2D eigenvalue weighted by Crippen LogP contribution is -2.48. The normalized spacial score (nSPS) is 18.9. The summed E-state index contributed by atoms with van der Waals surface area (Å²) in [6.45, 7) is 8.25. The molecule has 0 spiro atoms. The van der Waals surface area contributed by atoms with Crippen LogP contribution in [0.2, 0.25) is 0 Å². The van der Waals surface area contributed by atoms with E-state index in [1.165, 1.54) is 11.3 Å². The van der Waals surface area contributed by atoms with Crippen LogP contribution < -0.4 is 4.90 Å². The molecule has 0 aromatic heterocycles. The third-order valence-electron chi connectivity index (χ3n) is 6.42. The number of hydrogen-bond acceptors (Lipinski definition) is 4. The summed E-state index contributed by atoms with van der Waals surface area (Å²) in [6.07, 6.45) is 1.79. The van der Waals surface area contributed by atoms with E-state index in [0.717, 1.165) is 25.9 Å². The predicted octanol–water partition coefficient (Wildman–Crippen LogP) is 3.38. The van der Waals surface area contributed by atoms with E-state index in [1.807, 2.05) is 4.90 Å². The quantitative estimate of drug-likeness (QED) is 0.730. The van der Waals surface area contributed by atoms with Gasteiger partial charge in [0.25, 0.3) is 5.91 Å². The number of nitrogens with zero attached hydrogens (tertiary/aromatic N) is 3. The SMILES string of the molecule is Cc1cccc(N2CCN(C(=O)c3ccc(S(=O)(=O)N4CCC(C)CC4)cc3)CC2)c1. The summed E-state index contributed by atoms with van der Waals surface area (Å²) in [6, 6.07) is 14.9. The lowest BCUT2D eigenvalue weighted by Gasteiger charge is -2.36. The molecule has 0 radical (unpaired) electrons. The molecule has 4 rings (SSSR count). The van der Waals surface area contributed by atoms with Gasteiger partial charge < -0.3 is 9.80 Å². The van der Waals surface area contributed by atoms with E-state index < -0.39 is 10.0 Å². The van der Waals surface area contributed by atoms with Crippen LogP contribution in [-0.2, 0) is 10.0 Å². The molecule has 2 aromatic carbocycles. The summed E-state index contributed by atoms with van der Waals surface area (Å²) >= 11 is 0. The van der Waals surface area contributed by atoms with Gasteiger partial charge in [-0.1, -0.05) is 19.1 Å². The number of carbonyl (C=O) groups is 1. The minimum absolute atomic E-state index is 0.0420. The zero-order chi connectivity index (χ0) is 22.0. The number of piperidine rings is 1. The number of carbonyl (C=O) groups excluding carboxylic acids is 1. The van der Waals surface area contributed by atoms with Crippen LogP contribution in [0.4, 0.5) is 5.69 Å². The third-order valence-corrected chi connectivity index (χ3v) is 8.33. The van der Waals surface area contributed by atoms with Crippen molar-refractivity contribution in [1.29, 1.82) is 0 Å². The van der Waals surface area contributed by atoms with Crippen molar-refractivity contribution in [3.63, 3.8) is 0 Å². The molecule has 31 heavy (non-hydrogen) atoms. The Bertz CT molecular complexity index is 1020. The number of sulfonamides is 1. The van der Waals surface area contributed by atoms with Gasteiger partial charge in [0.05, 0.1) is 4.90 Å². The van der Waals surface area contributed by atoms with E-state index in [9.17, 15) is 13.2 Å². The van der Waals surface area contributed by atoms with Gasteiger partial charge in [-0.3, -0.25) is 4.79 Å². The lowest BCUT2D eigenvalue weighted by molar-refractivity contribution is 0.0746. The van der Waals surface area contributed by atoms with E-state index in [0.29, 0.717) is 37.7 Å². The maximum absolute atomic E-state index is 12.9. The number of aryl methyl sites for hydroxylation is 1. The van der Waals surface area contributed by atoms with Crippen LogP contribution in [0.1, 0.15) is 35.7 Å². The molecule has 2 aromatic rings.